The van der Waals surface area contributed by atoms with Crippen molar-refractivity contribution in [2.45, 2.75) is 19.8 Å². The van der Waals surface area contributed by atoms with Crippen LogP contribution < -0.4 is 15.0 Å². The fourth-order valence-corrected chi connectivity index (χ4v) is 3.21. The van der Waals surface area contributed by atoms with Crippen molar-refractivity contribution in [2.75, 3.05) is 50.2 Å². The molecule has 0 atom stereocenters. The van der Waals surface area contributed by atoms with E-state index in [0.29, 0.717) is 49.7 Å². The molecule has 0 radical (unpaired) electrons. The third kappa shape index (κ3) is 5.51. The summed E-state index contributed by atoms with van der Waals surface area (Å²) in [6.45, 7) is 5.38. The van der Waals surface area contributed by atoms with Crippen molar-refractivity contribution in [1.29, 1.82) is 0 Å². The van der Waals surface area contributed by atoms with E-state index in [1.165, 1.54) is 7.11 Å². The molecule has 0 aromatic heterocycles. The van der Waals surface area contributed by atoms with Crippen LogP contribution in [0.1, 0.15) is 40.5 Å². The lowest BCUT2D eigenvalue weighted by molar-refractivity contribution is 0.0600. The molecule has 7 heteroatoms. The van der Waals surface area contributed by atoms with Crippen LogP contribution in [0.25, 0.3) is 0 Å². The van der Waals surface area contributed by atoms with E-state index < -0.39 is 5.97 Å². The monoisotopic (exact) mass is 412 g/mol. The first-order chi connectivity index (χ1) is 14.6. The standard InChI is InChI=1S/C23H28N2O5/c1-3-4-13-30-19-8-5-17(6-9-19)22(26)24-18-7-10-21(20(16-18)23(27)28-2)25-11-14-29-15-12-25/h5-10,16H,3-4,11-15H2,1-2H3,(H,24,26). The van der Waals surface area contributed by atoms with Gasteiger partial charge in [-0.05, 0) is 48.9 Å². The average molecular weight is 412 g/mol. The topological polar surface area (TPSA) is 77.1 Å². The van der Waals surface area contributed by atoms with Crippen molar-refractivity contribution in [1.82, 2.24) is 0 Å². The summed E-state index contributed by atoms with van der Waals surface area (Å²) in [5, 5.41) is 2.85. The number of hydrogen-bond donors (Lipinski definition) is 1. The van der Waals surface area contributed by atoms with Gasteiger partial charge in [-0.3, -0.25) is 4.79 Å². The molecule has 1 N–H and O–H groups in total. The van der Waals surface area contributed by atoms with Gasteiger partial charge in [0.05, 0.1) is 38.2 Å². The number of nitrogens with one attached hydrogen (secondary N) is 1. The van der Waals surface area contributed by atoms with Gasteiger partial charge in [0.15, 0.2) is 0 Å². The van der Waals surface area contributed by atoms with Crippen molar-refractivity contribution >= 4 is 23.3 Å². The van der Waals surface area contributed by atoms with Crippen molar-refractivity contribution in [3.05, 3.63) is 53.6 Å². The summed E-state index contributed by atoms with van der Waals surface area (Å²) in [7, 11) is 1.35. The van der Waals surface area contributed by atoms with E-state index in [0.717, 1.165) is 24.3 Å². The van der Waals surface area contributed by atoms with Crippen molar-refractivity contribution < 1.29 is 23.8 Å². The molecule has 160 valence electrons. The van der Waals surface area contributed by atoms with Gasteiger partial charge >= 0.3 is 5.97 Å². The summed E-state index contributed by atoms with van der Waals surface area (Å²) in [5.41, 5.74) is 2.23. The first kappa shape index (κ1) is 21.6. The maximum atomic E-state index is 12.6. The normalized spacial score (nSPS) is 13.6. The van der Waals surface area contributed by atoms with Gasteiger partial charge in [-0.2, -0.15) is 0 Å². The van der Waals surface area contributed by atoms with E-state index in [1.54, 1.807) is 36.4 Å². The zero-order valence-electron chi connectivity index (χ0n) is 17.5. The van der Waals surface area contributed by atoms with Crippen LogP contribution >= 0.6 is 0 Å². The molecule has 1 fully saturated rings. The molecule has 0 bridgehead atoms. The lowest BCUT2D eigenvalue weighted by Crippen LogP contribution is -2.37. The quantitative estimate of drug-likeness (QED) is 0.526. The SMILES string of the molecule is CCCCOc1ccc(C(=O)Nc2ccc(N3CCOCC3)c(C(=O)OC)c2)cc1. The number of ether oxygens (including phenoxy) is 3. The maximum absolute atomic E-state index is 12.6. The van der Waals surface area contributed by atoms with Crippen LogP contribution in [0.3, 0.4) is 0 Å². The molecule has 2 aromatic rings. The highest BCUT2D eigenvalue weighted by molar-refractivity contribution is 6.05. The maximum Gasteiger partial charge on any atom is 0.340 e. The van der Waals surface area contributed by atoms with Crippen molar-refractivity contribution in [3.8, 4) is 5.75 Å². The van der Waals surface area contributed by atoms with Crippen molar-refractivity contribution in [3.63, 3.8) is 0 Å². The Kier molecular flexibility index (Phi) is 7.68. The fraction of sp³-hybridized carbons (Fsp3) is 0.391. The minimum Gasteiger partial charge on any atom is -0.494 e. The summed E-state index contributed by atoms with van der Waals surface area (Å²) >= 11 is 0. The molecule has 0 spiro atoms. The Bertz CT molecular complexity index is 860. The molecule has 0 unspecified atom stereocenters. The number of carbonyl (C=O) groups is 2. The van der Waals surface area contributed by atoms with Crippen LogP contribution in [0, 0.1) is 0 Å². The van der Waals surface area contributed by atoms with Crippen LogP contribution in [-0.4, -0.2) is 51.9 Å². The fourth-order valence-electron chi connectivity index (χ4n) is 3.21. The van der Waals surface area contributed by atoms with Crippen LogP contribution in [0.15, 0.2) is 42.5 Å². The Morgan fingerprint density at radius 1 is 1.10 bits per heavy atom. The zero-order valence-corrected chi connectivity index (χ0v) is 17.5. The first-order valence-electron chi connectivity index (χ1n) is 10.2. The Morgan fingerprint density at radius 3 is 2.50 bits per heavy atom. The Hall–Kier alpha value is -3.06. The molecular weight excluding hydrogens is 384 g/mol. The molecule has 1 aliphatic rings. The van der Waals surface area contributed by atoms with Gasteiger partial charge < -0.3 is 24.4 Å². The lowest BCUT2D eigenvalue weighted by Gasteiger charge is -2.30. The number of nitrogens with zero attached hydrogens (tertiary/aromatic N) is 1. The van der Waals surface area contributed by atoms with Gasteiger partial charge in [-0.25, -0.2) is 4.79 Å². The Morgan fingerprint density at radius 2 is 1.83 bits per heavy atom. The number of hydrogen-bond acceptors (Lipinski definition) is 6. The third-order valence-electron chi connectivity index (χ3n) is 4.89. The van der Waals surface area contributed by atoms with E-state index in [-0.39, 0.29) is 5.91 Å². The van der Waals surface area contributed by atoms with Gasteiger partial charge in [-0.1, -0.05) is 13.3 Å². The molecule has 1 amide bonds. The number of rotatable bonds is 8. The van der Waals surface area contributed by atoms with Gasteiger partial charge in [-0.15, -0.1) is 0 Å². The number of morpholine rings is 1. The van der Waals surface area contributed by atoms with E-state index in [2.05, 4.69) is 17.1 Å². The summed E-state index contributed by atoms with van der Waals surface area (Å²) < 4.78 is 16.0. The Balaban J connectivity index is 1.72. The first-order valence-corrected chi connectivity index (χ1v) is 10.2. The molecule has 2 aromatic carbocycles. The molecule has 1 saturated heterocycles. The van der Waals surface area contributed by atoms with Crippen LogP contribution in [0.5, 0.6) is 5.75 Å². The molecule has 1 aliphatic heterocycles. The molecule has 30 heavy (non-hydrogen) atoms. The minimum atomic E-state index is -0.443. The van der Waals surface area contributed by atoms with Crippen LogP contribution in [0.2, 0.25) is 0 Å². The smallest absolute Gasteiger partial charge is 0.340 e. The van der Waals surface area contributed by atoms with E-state index in [4.69, 9.17) is 14.2 Å². The summed E-state index contributed by atoms with van der Waals surface area (Å²) in [6.07, 6.45) is 2.06. The average Bonchev–Trinajstić information content (AvgIpc) is 2.79. The minimum absolute atomic E-state index is 0.259. The van der Waals surface area contributed by atoms with Gasteiger partial charge in [0.2, 0.25) is 0 Å². The molecular formula is C23H28N2O5. The van der Waals surface area contributed by atoms with Crippen molar-refractivity contribution in [2.24, 2.45) is 0 Å². The van der Waals surface area contributed by atoms with E-state index >= 15 is 0 Å². The second-order valence-electron chi connectivity index (χ2n) is 7.00. The summed E-state index contributed by atoms with van der Waals surface area (Å²) in [5.74, 6) is 0.0362. The largest absolute Gasteiger partial charge is 0.494 e. The van der Waals surface area contributed by atoms with Crippen LogP contribution in [0.4, 0.5) is 11.4 Å². The van der Waals surface area contributed by atoms with E-state index in [1.807, 2.05) is 6.07 Å². The van der Waals surface area contributed by atoms with E-state index in [9.17, 15) is 9.59 Å². The molecule has 0 aliphatic carbocycles. The number of carbonyl (C=O) groups excluding carboxylic acids is 2. The number of amides is 1. The predicted octanol–water partition coefficient (Wildman–Crippen LogP) is 3.74. The number of anilines is 2. The molecule has 0 saturated carbocycles. The lowest BCUT2D eigenvalue weighted by atomic mass is 10.1. The summed E-state index contributed by atoms with van der Waals surface area (Å²) in [6, 6.07) is 12.3. The number of benzene rings is 2. The third-order valence-corrected chi connectivity index (χ3v) is 4.89. The predicted molar refractivity (Wildman–Crippen MR) is 116 cm³/mol. The number of esters is 1. The number of methoxy groups -OCH3 is 1. The highest BCUT2D eigenvalue weighted by Gasteiger charge is 2.20. The van der Waals surface area contributed by atoms with Gasteiger partial charge in [0.25, 0.3) is 5.91 Å². The number of unbranched alkanes of at least 4 members (excludes halogenated alkanes) is 1. The van der Waals surface area contributed by atoms with Gasteiger partial charge in [0, 0.05) is 24.3 Å². The van der Waals surface area contributed by atoms with Gasteiger partial charge in [0.1, 0.15) is 5.75 Å². The second kappa shape index (κ2) is 10.6. The highest BCUT2D eigenvalue weighted by atomic mass is 16.5. The highest BCUT2D eigenvalue weighted by Crippen LogP contribution is 2.26. The van der Waals surface area contributed by atoms with Crippen LogP contribution in [-0.2, 0) is 9.47 Å². The Labute approximate surface area is 176 Å². The second-order valence-corrected chi connectivity index (χ2v) is 7.00. The molecule has 3 rings (SSSR count). The molecule has 7 nitrogen and oxygen atoms in total. The zero-order chi connectivity index (χ0) is 21.3. The molecule has 1 heterocycles. The summed E-state index contributed by atoms with van der Waals surface area (Å²) in [4.78, 5) is 27.0.